The zero-order chi connectivity index (χ0) is 12.0. The Morgan fingerprint density at radius 1 is 1.44 bits per heavy atom. The Kier molecular flexibility index (Phi) is 5.45. The van der Waals surface area contributed by atoms with Crippen LogP contribution < -0.4 is 10.6 Å². The van der Waals surface area contributed by atoms with E-state index in [1.165, 1.54) is 0 Å². The summed E-state index contributed by atoms with van der Waals surface area (Å²) in [5, 5.41) is 14.3. The van der Waals surface area contributed by atoms with Crippen molar-refractivity contribution in [1.29, 1.82) is 0 Å². The van der Waals surface area contributed by atoms with Crippen LogP contribution in [-0.2, 0) is 4.79 Å². The lowest BCUT2D eigenvalue weighted by Gasteiger charge is -2.13. The number of carbonyl (C=O) groups is 1. The van der Waals surface area contributed by atoms with Crippen LogP contribution in [0, 0.1) is 0 Å². The summed E-state index contributed by atoms with van der Waals surface area (Å²) in [4.78, 5) is 11.6. The van der Waals surface area contributed by atoms with Crippen LogP contribution in [0.15, 0.2) is 28.7 Å². The first kappa shape index (κ1) is 13.2. The minimum atomic E-state index is -0.323. The summed E-state index contributed by atoms with van der Waals surface area (Å²) in [6, 6.07) is 7.04. The van der Waals surface area contributed by atoms with Gasteiger partial charge < -0.3 is 15.7 Å². The van der Waals surface area contributed by atoms with Crippen molar-refractivity contribution in [3.8, 4) is 0 Å². The highest BCUT2D eigenvalue weighted by Crippen LogP contribution is 2.14. The molecular formula is C11H15BrN2O2. The molecule has 0 aliphatic rings. The summed E-state index contributed by atoms with van der Waals surface area (Å²) in [5.74, 6) is -0.115. The van der Waals surface area contributed by atoms with Gasteiger partial charge in [-0.2, -0.15) is 0 Å². The Labute approximate surface area is 103 Å². The number of aliphatic hydroxyl groups excluding tert-OH is 1. The molecule has 0 heterocycles. The maximum absolute atomic E-state index is 11.6. The molecule has 0 spiro atoms. The lowest BCUT2D eigenvalue weighted by Crippen LogP contribution is -2.39. The van der Waals surface area contributed by atoms with Gasteiger partial charge in [-0.05, 0) is 31.2 Å². The minimum Gasteiger partial charge on any atom is -0.395 e. The lowest BCUT2D eigenvalue weighted by molar-refractivity contribution is -0.117. The van der Waals surface area contributed by atoms with Crippen molar-refractivity contribution in [2.45, 2.75) is 13.0 Å². The molecule has 0 radical (unpaired) electrons. The standard InChI is InChI=1S/C11H15BrN2O2/c1-8(13-6-7-15)11(16)14-10-4-2-9(12)3-5-10/h2-5,8,13,15H,6-7H2,1H3,(H,14,16). The Morgan fingerprint density at radius 2 is 2.06 bits per heavy atom. The quantitative estimate of drug-likeness (QED) is 0.766. The normalized spacial score (nSPS) is 12.2. The van der Waals surface area contributed by atoms with Gasteiger partial charge in [-0.1, -0.05) is 15.9 Å². The van der Waals surface area contributed by atoms with E-state index < -0.39 is 0 Å². The summed E-state index contributed by atoms with van der Waals surface area (Å²) in [6.45, 7) is 2.19. The van der Waals surface area contributed by atoms with Gasteiger partial charge in [0.05, 0.1) is 12.6 Å². The molecule has 88 valence electrons. The third-order valence-electron chi connectivity index (χ3n) is 2.07. The molecule has 5 heteroatoms. The topological polar surface area (TPSA) is 61.4 Å². The average molecular weight is 287 g/mol. The number of carbonyl (C=O) groups excluding carboxylic acids is 1. The second-order valence-corrected chi connectivity index (χ2v) is 4.31. The predicted octanol–water partition coefficient (Wildman–Crippen LogP) is 1.36. The third-order valence-corrected chi connectivity index (χ3v) is 2.60. The molecule has 0 saturated heterocycles. The van der Waals surface area contributed by atoms with Crippen LogP contribution in [-0.4, -0.2) is 30.2 Å². The summed E-state index contributed by atoms with van der Waals surface area (Å²) in [7, 11) is 0. The molecule has 3 N–H and O–H groups in total. The number of hydrogen-bond acceptors (Lipinski definition) is 3. The van der Waals surface area contributed by atoms with E-state index in [9.17, 15) is 4.79 Å². The van der Waals surface area contributed by atoms with Gasteiger partial charge in [-0.15, -0.1) is 0 Å². The van der Waals surface area contributed by atoms with Gasteiger partial charge in [0, 0.05) is 16.7 Å². The van der Waals surface area contributed by atoms with Gasteiger partial charge >= 0.3 is 0 Å². The SMILES string of the molecule is CC(NCCO)C(=O)Nc1ccc(Br)cc1. The molecule has 1 aromatic rings. The highest BCUT2D eigenvalue weighted by atomic mass is 79.9. The maximum Gasteiger partial charge on any atom is 0.241 e. The number of benzene rings is 1. The number of hydrogen-bond donors (Lipinski definition) is 3. The van der Waals surface area contributed by atoms with Crippen molar-refractivity contribution < 1.29 is 9.90 Å². The van der Waals surface area contributed by atoms with Crippen molar-refractivity contribution in [3.63, 3.8) is 0 Å². The van der Waals surface area contributed by atoms with E-state index in [4.69, 9.17) is 5.11 Å². The first-order valence-corrected chi connectivity index (χ1v) is 5.83. The van der Waals surface area contributed by atoms with Crippen molar-refractivity contribution in [2.75, 3.05) is 18.5 Å². The van der Waals surface area contributed by atoms with Crippen molar-refractivity contribution in [1.82, 2.24) is 5.32 Å². The van der Waals surface area contributed by atoms with E-state index in [2.05, 4.69) is 26.6 Å². The van der Waals surface area contributed by atoms with Gasteiger partial charge in [0.1, 0.15) is 0 Å². The fraction of sp³-hybridized carbons (Fsp3) is 0.364. The number of rotatable bonds is 5. The lowest BCUT2D eigenvalue weighted by atomic mass is 10.2. The molecule has 1 amide bonds. The molecule has 1 unspecified atom stereocenters. The Morgan fingerprint density at radius 3 is 2.62 bits per heavy atom. The minimum absolute atomic E-state index is 0.0237. The molecular weight excluding hydrogens is 272 g/mol. The first-order chi connectivity index (χ1) is 7.63. The highest BCUT2D eigenvalue weighted by Gasteiger charge is 2.11. The van der Waals surface area contributed by atoms with Gasteiger partial charge in [-0.3, -0.25) is 4.79 Å². The molecule has 0 aliphatic carbocycles. The number of nitrogens with one attached hydrogen (secondary N) is 2. The fourth-order valence-corrected chi connectivity index (χ4v) is 1.42. The summed E-state index contributed by atoms with van der Waals surface area (Å²) in [5.41, 5.74) is 0.755. The van der Waals surface area contributed by atoms with Crippen molar-refractivity contribution in [2.24, 2.45) is 0 Å². The van der Waals surface area contributed by atoms with Gasteiger partial charge in [0.15, 0.2) is 0 Å². The number of amides is 1. The molecule has 1 aromatic carbocycles. The average Bonchev–Trinajstić information content (AvgIpc) is 2.29. The van der Waals surface area contributed by atoms with Crippen molar-refractivity contribution in [3.05, 3.63) is 28.7 Å². The Bertz CT molecular complexity index is 340. The number of anilines is 1. The van der Waals surface area contributed by atoms with Crippen LogP contribution in [0.4, 0.5) is 5.69 Å². The zero-order valence-electron chi connectivity index (χ0n) is 9.03. The van der Waals surface area contributed by atoms with E-state index in [1.807, 2.05) is 24.3 Å². The number of aliphatic hydroxyl groups is 1. The van der Waals surface area contributed by atoms with Gasteiger partial charge in [0.25, 0.3) is 0 Å². The zero-order valence-corrected chi connectivity index (χ0v) is 10.6. The summed E-state index contributed by atoms with van der Waals surface area (Å²) >= 11 is 3.32. The second kappa shape index (κ2) is 6.62. The van der Waals surface area contributed by atoms with E-state index >= 15 is 0 Å². The molecule has 0 saturated carbocycles. The summed E-state index contributed by atoms with van der Waals surface area (Å²) < 4.78 is 0.969. The van der Waals surface area contributed by atoms with Gasteiger partial charge in [-0.25, -0.2) is 0 Å². The van der Waals surface area contributed by atoms with E-state index in [1.54, 1.807) is 6.92 Å². The van der Waals surface area contributed by atoms with Crippen LogP contribution in [0.1, 0.15) is 6.92 Å². The van der Waals surface area contributed by atoms with E-state index in [0.29, 0.717) is 6.54 Å². The molecule has 0 bridgehead atoms. The smallest absolute Gasteiger partial charge is 0.241 e. The van der Waals surface area contributed by atoms with Crippen LogP contribution in [0.2, 0.25) is 0 Å². The molecule has 0 aliphatic heterocycles. The van der Waals surface area contributed by atoms with Crippen LogP contribution in [0.5, 0.6) is 0 Å². The molecule has 4 nitrogen and oxygen atoms in total. The van der Waals surface area contributed by atoms with Crippen LogP contribution >= 0.6 is 15.9 Å². The Hall–Kier alpha value is -0.910. The Balaban J connectivity index is 2.47. The van der Waals surface area contributed by atoms with Crippen LogP contribution in [0.25, 0.3) is 0 Å². The highest BCUT2D eigenvalue weighted by molar-refractivity contribution is 9.10. The largest absolute Gasteiger partial charge is 0.395 e. The van der Waals surface area contributed by atoms with Crippen LogP contribution in [0.3, 0.4) is 0 Å². The number of halogens is 1. The molecule has 1 atom stereocenters. The fourth-order valence-electron chi connectivity index (χ4n) is 1.16. The van der Waals surface area contributed by atoms with Crippen molar-refractivity contribution >= 4 is 27.5 Å². The maximum atomic E-state index is 11.6. The first-order valence-electron chi connectivity index (χ1n) is 5.04. The monoisotopic (exact) mass is 286 g/mol. The molecule has 0 aromatic heterocycles. The second-order valence-electron chi connectivity index (χ2n) is 3.40. The third kappa shape index (κ3) is 4.30. The molecule has 1 rings (SSSR count). The predicted molar refractivity (Wildman–Crippen MR) is 67.3 cm³/mol. The van der Waals surface area contributed by atoms with E-state index in [-0.39, 0.29) is 18.6 Å². The summed E-state index contributed by atoms with van der Waals surface area (Å²) in [6.07, 6.45) is 0. The molecule has 0 fully saturated rings. The molecule has 16 heavy (non-hydrogen) atoms. The van der Waals surface area contributed by atoms with Gasteiger partial charge in [0.2, 0.25) is 5.91 Å². The van der Waals surface area contributed by atoms with E-state index in [0.717, 1.165) is 10.2 Å².